The van der Waals surface area contributed by atoms with Crippen molar-refractivity contribution in [3.63, 3.8) is 0 Å². The Bertz CT molecular complexity index is 362. The van der Waals surface area contributed by atoms with E-state index in [4.69, 9.17) is 5.73 Å². The summed E-state index contributed by atoms with van der Waals surface area (Å²) in [5, 5.41) is 15.5. The number of hydrogen-bond acceptors (Lipinski definition) is 4. The van der Waals surface area contributed by atoms with Crippen LogP contribution in [0.4, 0.5) is 18.9 Å². The maximum absolute atomic E-state index is 12.4. The number of H-pyrrole nitrogens is 1. The van der Waals surface area contributed by atoms with Crippen LogP contribution in [-0.2, 0) is 0 Å². The molecule has 15 heavy (non-hydrogen) atoms. The standard InChI is InChI=1S/C6H7F3N4O2/c7-6(8,9)3(1-10)5-4(13(14)15)2-11-12-5/h2-3H,1,10H2,(H,11,12). The van der Waals surface area contributed by atoms with Gasteiger partial charge in [0.1, 0.15) is 17.8 Å². The van der Waals surface area contributed by atoms with Crippen LogP contribution in [0.25, 0.3) is 0 Å². The Labute approximate surface area is 81.4 Å². The number of nitro groups is 1. The molecule has 1 aromatic rings. The van der Waals surface area contributed by atoms with Gasteiger partial charge in [0.15, 0.2) is 0 Å². The molecule has 9 heteroatoms. The minimum atomic E-state index is -4.63. The number of aromatic nitrogens is 2. The van der Waals surface area contributed by atoms with Gasteiger partial charge in [-0.1, -0.05) is 0 Å². The highest BCUT2D eigenvalue weighted by atomic mass is 19.4. The lowest BCUT2D eigenvalue weighted by atomic mass is 10.0. The molecule has 0 amide bonds. The monoisotopic (exact) mass is 224 g/mol. The highest BCUT2D eigenvalue weighted by Gasteiger charge is 2.44. The Morgan fingerprint density at radius 2 is 2.27 bits per heavy atom. The Morgan fingerprint density at radius 3 is 2.67 bits per heavy atom. The molecule has 0 aliphatic rings. The van der Waals surface area contributed by atoms with E-state index in [1.807, 2.05) is 5.10 Å². The Hall–Kier alpha value is -1.64. The van der Waals surface area contributed by atoms with E-state index >= 15 is 0 Å². The first-order valence-electron chi connectivity index (χ1n) is 3.82. The molecule has 6 nitrogen and oxygen atoms in total. The predicted octanol–water partition coefficient (Wildman–Crippen LogP) is 0.923. The highest BCUT2D eigenvalue weighted by Crippen LogP contribution is 2.36. The van der Waals surface area contributed by atoms with Crippen LogP contribution in [-0.4, -0.2) is 27.8 Å². The molecular formula is C6H7F3N4O2. The van der Waals surface area contributed by atoms with Crippen LogP contribution in [0.1, 0.15) is 11.6 Å². The molecule has 1 atom stereocenters. The molecule has 0 aliphatic carbocycles. The van der Waals surface area contributed by atoms with Gasteiger partial charge in [-0.25, -0.2) is 0 Å². The Balaban J connectivity index is 3.13. The van der Waals surface area contributed by atoms with Crippen molar-refractivity contribution < 1.29 is 18.1 Å². The normalized spacial score (nSPS) is 13.9. The lowest BCUT2D eigenvalue weighted by molar-refractivity contribution is -0.386. The third kappa shape index (κ3) is 2.24. The second-order valence-electron chi connectivity index (χ2n) is 2.76. The molecule has 0 aromatic carbocycles. The summed E-state index contributed by atoms with van der Waals surface area (Å²) in [7, 11) is 0. The summed E-state index contributed by atoms with van der Waals surface area (Å²) in [5.74, 6) is -2.10. The number of halogens is 3. The first-order valence-corrected chi connectivity index (χ1v) is 3.82. The van der Waals surface area contributed by atoms with Crippen LogP contribution >= 0.6 is 0 Å². The number of nitrogens with two attached hydrogens (primary N) is 1. The van der Waals surface area contributed by atoms with Crippen molar-refractivity contribution in [3.05, 3.63) is 22.0 Å². The number of alkyl halides is 3. The Morgan fingerprint density at radius 1 is 1.67 bits per heavy atom. The number of nitrogens with zero attached hydrogens (tertiary/aromatic N) is 2. The highest BCUT2D eigenvalue weighted by molar-refractivity contribution is 5.35. The van der Waals surface area contributed by atoms with Crippen molar-refractivity contribution in [2.75, 3.05) is 6.54 Å². The fraction of sp³-hybridized carbons (Fsp3) is 0.500. The zero-order valence-electron chi connectivity index (χ0n) is 7.28. The maximum atomic E-state index is 12.4. The fourth-order valence-electron chi connectivity index (χ4n) is 1.11. The average molecular weight is 224 g/mol. The molecule has 84 valence electrons. The summed E-state index contributed by atoms with van der Waals surface area (Å²) in [4.78, 5) is 9.43. The van der Waals surface area contributed by atoms with Gasteiger partial charge in [-0.3, -0.25) is 15.2 Å². The summed E-state index contributed by atoms with van der Waals surface area (Å²) < 4.78 is 37.1. The molecule has 1 aromatic heterocycles. The molecule has 0 radical (unpaired) electrons. The zero-order chi connectivity index (χ0) is 11.6. The molecule has 0 spiro atoms. The van der Waals surface area contributed by atoms with Crippen LogP contribution in [0.15, 0.2) is 6.20 Å². The topological polar surface area (TPSA) is 97.8 Å². The molecule has 0 saturated heterocycles. The maximum Gasteiger partial charge on any atom is 0.398 e. The van der Waals surface area contributed by atoms with Gasteiger partial charge in [-0.15, -0.1) is 0 Å². The van der Waals surface area contributed by atoms with Gasteiger partial charge in [0, 0.05) is 6.54 Å². The van der Waals surface area contributed by atoms with Crippen LogP contribution in [0.5, 0.6) is 0 Å². The van der Waals surface area contributed by atoms with Gasteiger partial charge in [-0.2, -0.15) is 18.3 Å². The van der Waals surface area contributed by atoms with Crippen molar-refractivity contribution >= 4 is 5.69 Å². The summed E-state index contributed by atoms with van der Waals surface area (Å²) in [5.41, 5.74) is 3.61. The quantitative estimate of drug-likeness (QED) is 0.589. The molecule has 3 N–H and O–H groups in total. The second-order valence-corrected chi connectivity index (χ2v) is 2.76. The molecule has 0 bridgehead atoms. The molecule has 0 fully saturated rings. The number of hydrogen-bond donors (Lipinski definition) is 2. The van der Waals surface area contributed by atoms with Crippen molar-refractivity contribution in [2.45, 2.75) is 12.1 Å². The fourth-order valence-corrected chi connectivity index (χ4v) is 1.11. The van der Waals surface area contributed by atoms with Gasteiger partial charge >= 0.3 is 11.9 Å². The average Bonchev–Trinajstić information content (AvgIpc) is 2.51. The summed E-state index contributed by atoms with van der Waals surface area (Å²) in [6, 6.07) is 0. The van der Waals surface area contributed by atoms with Crippen LogP contribution < -0.4 is 5.73 Å². The van der Waals surface area contributed by atoms with E-state index in [0.717, 1.165) is 6.20 Å². The van der Waals surface area contributed by atoms with E-state index in [1.165, 1.54) is 0 Å². The van der Waals surface area contributed by atoms with Gasteiger partial charge in [-0.05, 0) is 0 Å². The first kappa shape index (κ1) is 11.4. The van der Waals surface area contributed by atoms with E-state index in [0.29, 0.717) is 0 Å². The van der Waals surface area contributed by atoms with Crippen molar-refractivity contribution in [2.24, 2.45) is 5.73 Å². The van der Waals surface area contributed by atoms with E-state index in [-0.39, 0.29) is 0 Å². The Kier molecular flexibility index (Phi) is 2.93. The lowest BCUT2D eigenvalue weighted by Crippen LogP contribution is -2.28. The van der Waals surface area contributed by atoms with Crippen molar-refractivity contribution in [1.29, 1.82) is 0 Å². The van der Waals surface area contributed by atoms with Gasteiger partial charge in [0.05, 0.1) is 4.92 Å². The lowest BCUT2D eigenvalue weighted by Gasteiger charge is -2.15. The van der Waals surface area contributed by atoms with E-state index < -0.39 is 34.9 Å². The van der Waals surface area contributed by atoms with Crippen molar-refractivity contribution in [3.8, 4) is 0 Å². The van der Waals surface area contributed by atoms with Gasteiger partial charge in [0.25, 0.3) is 0 Å². The SMILES string of the molecule is NCC(c1[nH]ncc1[N+](=O)[O-])C(F)(F)F. The molecule has 0 saturated carbocycles. The minimum absolute atomic E-state index is 0.616. The largest absolute Gasteiger partial charge is 0.398 e. The van der Waals surface area contributed by atoms with Gasteiger partial charge in [0.2, 0.25) is 0 Å². The van der Waals surface area contributed by atoms with Crippen LogP contribution in [0.3, 0.4) is 0 Å². The summed E-state index contributed by atoms with van der Waals surface area (Å²) >= 11 is 0. The minimum Gasteiger partial charge on any atom is -0.329 e. The van der Waals surface area contributed by atoms with Crippen LogP contribution in [0.2, 0.25) is 0 Å². The van der Waals surface area contributed by atoms with E-state index in [2.05, 4.69) is 5.10 Å². The van der Waals surface area contributed by atoms with E-state index in [9.17, 15) is 23.3 Å². The van der Waals surface area contributed by atoms with Gasteiger partial charge < -0.3 is 5.73 Å². The second kappa shape index (κ2) is 3.85. The van der Waals surface area contributed by atoms with E-state index in [1.54, 1.807) is 0 Å². The smallest absolute Gasteiger partial charge is 0.329 e. The number of rotatable bonds is 3. The summed E-state index contributed by atoms with van der Waals surface area (Å²) in [6.07, 6.45) is -3.91. The zero-order valence-corrected chi connectivity index (χ0v) is 7.28. The molecular weight excluding hydrogens is 217 g/mol. The van der Waals surface area contributed by atoms with Crippen LogP contribution in [0, 0.1) is 10.1 Å². The predicted molar refractivity (Wildman–Crippen MR) is 43.1 cm³/mol. The molecule has 1 heterocycles. The molecule has 1 unspecified atom stereocenters. The van der Waals surface area contributed by atoms with Crippen molar-refractivity contribution in [1.82, 2.24) is 10.2 Å². The number of nitrogens with one attached hydrogen (secondary N) is 1. The summed E-state index contributed by atoms with van der Waals surface area (Å²) in [6.45, 7) is -0.771. The molecule has 0 aliphatic heterocycles. The third-order valence-electron chi connectivity index (χ3n) is 1.82. The third-order valence-corrected chi connectivity index (χ3v) is 1.82. The molecule has 1 rings (SSSR count). The number of aromatic amines is 1. The first-order chi connectivity index (χ1) is 6.88.